The van der Waals surface area contributed by atoms with Crippen LogP contribution in [-0.2, 0) is 16.0 Å². The van der Waals surface area contributed by atoms with Gasteiger partial charge in [0, 0.05) is 23.0 Å². The van der Waals surface area contributed by atoms with Crippen LogP contribution in [-0.4, -0.2) is 41.6 Å². The van der Waals surface area contributed by atoms with Gasteiger partial charge in [-0.1, -0.05) is 55.3 Å². The predicted octanol–water partition coefficient (Wildman–Crippen LogP) is 4.81. The molecule has 0 heterocycles. The fourth-order valence-corrected chi connectivity index (χ4v) is 3.78. The lowest BCUT2D eigenvalue weighted by Gasteiger charge is -2.28. The van der Waals surface area contributed by atoms with E-state index in [1.54, 1.807) is 11.8 Å². The number of nitrogens with one attached hydrogen (secondary N) is 1. The van der Waals surface area contributed by atoms with Gasteiger partial charge in [0.15, 0.2) is 0 Å². The highest BCUT2D eigenvalue weighted by Gasteiger charge is 2.25. The van der Waals surface area contributed by atoms with Crippen LogP contribution in [0.2, 0.25) is 5.02 Å². The zero-order valence-corrected chi connectivity index (χ0v) is 18.6. The minimum Gasteiger partial charge on any atom is -0.354 e. The molecule has 0 saturated carbocycles. The summed E-state index contributed by atoms with van der Waals surface area (Å²) in [4.78, 5) is 28.2. The lowest BCUT2D eigenvalue weighted by atomic mass is 10.1. The van der Waals surface area contributed by atoms with Crippen molar-refractivity contribution in [2.75, 3.05) is 18.8 Å². The molecule has 1 atom stereocenters. The molecule has 0 fully saturated rings. The summed E-state index contributed by atoms with van der Waals surface area (Å²) in [6.07, 6.45) is 2.66. The van der Waals surface area contributed by atoms with Crippen molar-refractivity contribution in [3.05, 3.63) is 65.2 Å². The Morgan fingerprint density at radius 3 is 2.45 bits per heavy atom. The number of benzene rings is 2. The van der Waals surface area contributed by atoms with Crippen LogP contribution in [0.1, 0.15) is 32.3 Å². The minimum absolute atomic E-state index is 0.0426. The maximum atomic E-state index is 13.0. The van der Waals surface area contributed by atoms with Crippen LogP contribution in [0.15, 0.2) is 59.5 Å². The van der Waals surface area contributed by atoms with Crippen LogP contribution in [0.3, 0.4) is 0 Å². The average Bonchev–Trinajstić information content (AvgIpc) is 2.74. The largest absolute Gasteiger partial charge is 0.354 e. The van der Waals surface area contributed by atoms with Gasteiger partial charge < -0.3 is 10.2 Å². The van der Waals surface area contributed by atoms with E-state index in [-0.39, 0.29) is 17.6 Å². The van der Waals surface area contributed by atoms with Crippen LogP contribution in [0.4, 0.5) is 0 Å². The van der Waals surface area contributed by atoms with Crippen LogP contribution in [0, 0.1) is 0 Å². The maximum absolute atomic E-state index is 13.0. The zero-order chi connectivity index (χ0) is 21.1. The highest BCUT2D eigenvalue weighted by molar-refractivity contribution is 8.00. The number of amides is 2. The summed E-state index contributed by atoms with van der Waals surface area (Å²) in [5.74, 6) is 0.138. The minimum atomic E-state index is -0.506. The van der Waals surface area contributed by atoms with Crippen molar-refractivity contribution in [3.63, 3.8) is 0 Å². The topological polar surface area (TPSA) is 49.4 Å². The van der Waals surface area contributed by atoms with Crippen molar-refractivity contribution in [1.82, 2.24) is 10.2 Å². The van der Waals surface area contributed by atoms with Crippen LogP contribution in [0.5, 0.6) is 0 Å². The molecule has 2 amide bonds. The molecule has 0 aliphatic carbocycles. The fourth-order valence-electron chi connectivity index (χ4n) is 2.86. The highest BCUT2D eigenvalue weighted by Crippen LogP contribution is 2.21. The monoisotopic (exact) mass is 432 g/mol. The number of halogens is 1. The van der Waals surface area contributed by atoms with Crippen molar-refractivity contribution >= 4 is 35.2 Å². The number of rotatable bonds is 11. The first-order chi connectivity index (χ1) is 14.0. The van der Waals surface area contributed by atoms with Gasteiger partial charge in [0.2, 0.25) is 11.8 Å². The Morgan fingerprint density at radius 2 is 1.79 bits per heavy atom. The van der Waals surface area contributed by atoms with Crippen molar-refractivity contribution in [1.29, 1.82) is 0 Å². The summed E-state index contributed by atoms with van der Waals surface area (Å²) >= 11 is 7.38. The Kier molecular flexibility index (Phi) is 10.1. The van der Waals surface area contributed by atoms with Gasteiger partial charge in [0.05, 0.1) is 5.75 Å². The van der Waals surface area contributed by atoms with Gasteiger partial charge in [-0.05, 0) is 49.6 Å². The molecule has 2 aromatic rings. The van der Waals surface area contributed by atoms with Crippen LogP contribution < -0.4 is 5.32 Å². The third-order valence-corrected chi connectivity index (χ3v) is 5.91. The van der Waals surface area contributed by atoms with Crippen molar-refractivity contribution in [2.24, 2.45) is 0 Å². The lowest BCUT2D eigenvalue weighted by molar-refractivity contribution is -0.137. The molecule has 156 valence electrons. The van der Waals surface area contributed by atoms with Gasteiger partial charge in [-0.15, -0.1) is 11.8 Å². The number of carbonyl (C=O) groups excluding carboxylic acids is 2. The van der Waals surface area contributed by atoms with E-state index in [2.05, 4.69) is 12.2 Å². The molecule has 0 aliphatic heterocycles. The molecule has 0 unspecified atom stereocenters. The second-order valence-electron chi connectivity index (χ2n) is 6.89. The molecule has 0 saturated heterocycles. The number of hydrogen-bond donors (Lipinski definition) is 1. The smallest absolute Gasteiger partial charge is 0.242 e. The second kappa shape index (κ2) is 12.6. The summed E-state index contributed by atoms with van der Waals surface area (Å²) in [7, 11) is 0. The summed E-state index contributed by atoms with van der Waals surface area (Å²) in [6, 6.07) is 16.9. The quantitative estimate of drug-likeness (QED) is 0.409. The van der Waals surface area contributed by atoms with Gasteiger partial charge in [-0.25, -0.2) is 0 Å². The Morgan fingerprint density at radius 1 is 1.10 bits per heavy atom. The molecule has 0 aromatic heterocycles. The Balaban J connectivity index is 2.01. The normalized spacial score (nSPS) is 11.7. The number of thioether (sulfide) groups is 1. The van der Waals surface area contributed by atoms with Gasteiger partial charge >= 0.3 is 0 Å². The Hall–Kier alpha value is -1.98. The van der Waals surface area contributed by atoms with E-state index >= 15 is 0 Å². The van der Waals surface area contributed by atoms with E-state index in [9.17, 15) is 9.59 Å². The summed E-state index contributed by atoms with van der Waals surface area (Å²) in [5.41, 5.74) is 1.15. The van der Waals surface area contributed by atoms with Gasteiger partial charge in [-0.2, -0.15) is 0 Å². The molecule has 0 radical (unpaired) electrons. The molecule has 29 heavy (non-hydrogen) atoms. The second-order valence-corrected chi connectivity index (χ2v) is 8.37. The van der Waals surface area contributed by atoms with Crippen molar-refractivity contribution < 1.29 is 9.59 Å². The molecular formula is C23H29ClN2O2S. The molecule has 2 aromatic carbocycles. The predicted molar refractivity (Wildman–Crippen MR) is 121 cm³/mol. The summed E-state index contributed by atoms with van der Waals surface area (Å²) in [6.45, 7) is 5.03. The standard InChI is InChI=1S/C23H29ClN2O2S/c1-3-4-15-25-23(28)18(2)26(16-14-19-8-6-5-7-9-19)22(27)17-29-21-12-10-20(24)11-13-21/h5-13,18H,3-4,14-17H2,1-2H3,(H,25,28)/t18-/m1/s1. The SMILES string of the molecule is CCCCNC(=O)[C@@H](C)N(CCc1ccccc1)C(=O)CSc1ccc(Cl)cc1. The summed E-state index contributed by atoms with van der Waals surface area (Å²) in [5, 5.41) is 3.61. The molecule has 0 spiro atoms. The molecule has 0 aliphatic rings. The van der Waals surface area contributed by atoms with E-state index in [1.165, 1.54) is 11.8 Å². The average molecular weight is 433 g/mol. The van der Waals surface area contributed by atoms with Crippen LogP contribution in [0.25, 0.3) is 0 Å². The van der Waals surface area contributed by atoms with Crippen molar-refractivity contribution in [2.45, 2.75) is 44.0 Å². The number of nitrogens with zero attached hydrogens (tertiary/aromatic N) is 1. The Labute approximate surface area is 183 Å². The highest BCUT2D eigenvalue weighted by atomic mass is 35.5. The zero-order valence-electron chi connectivity index (χ0n) is 17.1. The Bertz CT molecular complexity index is 768. The van der Waals surface area contributed by atoms with Gasteiger partial charge in [0.1, 0.15) is 6.04 Å². The van der Waals surface area contributed by atoms with E-state index in [0.717, 1.165) is 23.3 Å². The molecule has 6 heteroatoms. The molecule has 1 N–H and O–H groups in total. The summed E-state index contributed by atoms with van der Waals surface area (Å²) < 4.78 is 0. The molecule has 4 nitrogen and oxygen atoms in total. The third kappa shape index (κ3) is 8.11. The van der Waals surface area contributed by atoms with Gasteiger partial charge in [-0.3, -0.25) is 9.59 Å². The molecule has 0 bridgehead atoms. The fraction of sp³-hybridized carbons (Fsp3) is 0.391. The number of carbonyl (C=O) groups is 2. The maximum Gasteiger partial charge on any atom is 0.242 e. The van der Waals surface area contributed by atoms with E-state index in [0.29, 0.717) is 24.5 Å². The van der Waals surface area contributed by atoms with E-state index in [4.69, 9.17) is 11.6 Å². The van der Waals surface area contributed by atoms with E-state index < -0.39 is 6.04 Å². The van der Waals surface area contributed by atoms with Gasteiger partial charge in [0.25, 0.3) is 0 Å². The van der Waals surface area contributed by atoms with Crippen molar-refractivity contribution in [3.8, 4) is 0 Å². The van der Waals surface area contributed by atoms with Crippen LogP contribution >= 0.6 is 23.4 Å². The molecular weight excluding hydrogens is 404 g/mol. The van der Waals surface area contributed by atoms with E-state index in [1.807, 2.05) is 54.6 Å². The lowest BCUT2D eigenvalue weighted by Crippen LogP contribution is -2.49. The first-order valence-electron chi connectivity index (χ1n) is 10.0. The number of unbranched alkanes of at least 4 members (excludes halogenated alkanes) is 1. The first-order valence-corrected chi connectivity index (χ1v) is 11.4. The number of hydrogen-bond acceptors (Lipinski definition) is 3. The third-order valence-electron chi connectivity index (χ3n) is 4.66. The molecule has 2 rings (SSSR count). The first kappa shape index (κ1) is 23.3.